The lowest BCUT2D eigenvalue weighted by Gasteiger charge is -1.97. The number of hydrogen-bond acceptors (Lipinski definition) is 3. The van der Waals surface area contributed by atoms with Gasteiger partial charge in [-0.25, -0.2) is 0 Å². The molecule has 0 saturated carbocycles. The summed E-state index contributed by atoms with van der Waals surface area (Å²) in [6.45, 7) is 1.46. The third kappa shape index (κ3) is 1.53. The third-order valence-corrected chi connectivity index (χ3v) is 2.47. The van der Waals surface area contributed by atoms with Crippen molar-refractivity contribution in [3.8, 4) is 0 Å². The Balaban J connectivity index is 3.07. The van der Waals surface area contributed by atoms with Crippen molar-refractivity contribution in [2.45, 2.75) is 6.92 Å². The Hall–Kier alpha value is -1.16. The van der Waals surface area contributed by atoms with E-state index in [2.05, 4.69) is 5.32 Å². The molecule has 0 atom stereocenters. The molecule has 1 rings (SSSR count). The molecule has 0 unspecified atom stereocenters. The minimum Gasteiger partial charge on any atom is -0.355 e. The van der Waals surface area contributed by atoms with Gasteiger partial charge in [-0.3, -0.25) is 9.59 Å². The summed E-state index contributed by atoms with van der Waals surface area (Å²) < 4.78 is 0. The molecule has 0 aliphatic heterocycles. The van der Waals surface area contributed by atoms with Gasteiger partial charge in [-0.15, -0.1) is 11.3 Å². The molecule has 1 aromatic heterocycles. The standard InChI is InChI=1S/C8H9NO2S/c1-5(10)7-6(3-4-12-7)8(11)9-2/h3-4H,1-2H3,(H,9,11). The highest BCUT2D eigenvalue weighted by molar-refractivity contribution is 7.12. The van der Waals surface area contributed by atoms with Crippen molar-refractivity contribution in [3.63, 3.8) is 0 Å². The summed E-state index contributed by atoms with van der Waals surface area (Å²) in [5.41, 5.74) is 0.468. The average Bonchev–Trinajstić information content (AvgIpc) is 2.50. The molecule has 0 aliphatic rings. The minimum absolute atomic E-state index is 0.0661. The molecule has 1 amide bonds. The maximum absolute atomic E-state index is 11.1. The molecule has 1 aromatic rings. The number of rotatable bonds is 2. The Morgan fingerprint density at radius 3 is 2.67 bits per heavy atom. The molecule has 0 radical (unpaired) electrons. The number of amides is 1. The number of hydrogen-bond donors (Lipinski definition) is 1. The maximum Gasteiger partial charge on any atom is 0.252 e. The van der Waals surface area contributed by atoms with Gasteiger partial charge in [0.15, 0.2) is 5.78 Å². The van der Waals surface area contributed by atoms with Crippen LogP contribution < -0.4 is 5.32 Å². The summed E-state index contributed by atoms with van der Waals surface area (Å²) >= 11 is 1.29. The number of carbonyl (C=O) groups excluding carboxylic acids is 2. The van der Waals surface area contributed by atoms with E-state index in [9.17, 15) is 9.59 Å². The fourth-order valence-corrected chi connectivity index (χ4v) is 1.69. The monoisotopic (exact) mass is 183 g/mol. The maximum atomic E-state index is 11.1. The van der Waals surface area contributed by atoms with Crippen LogP contribution in [0.4, 0.5) is 0 Å². The Morgan fingerprint density at radius 2 is 2.17 bits per heavy atom. The van der Waals surface area contributed by atoms with Crippen LogP contribution >= 0.6 is 11.3 Å². The van der Waals surface area contributed by atoms with Crippen molar-refractivity contribution < 1.29 is 9.59 Å². The highest BCUT2D eigenvalue weighted by Crippen LogP contribution is 2.16. The van der Waals surface area contributed by atoms with E-state index in [-0.39, 0.29) is 11.7 Å². The zero-order valence-corrected chi connectivity index (χ0v) is 7.70. The van der Waals surface area contributed by atoms with Crippen LogP contribution in [-0.2, 0) is 0 Å². The lowest BCUT2D eigenvalue weighted by atomic mass is 10.2. The second kappa shape index (κ2) is 3.49. The van der Waals surface area contributed by atoms with E-state index in [1.165, 1.54) is 18.3 Å². The molecule has 0 aliphatic carbocycles. The average molecular weight is 183 g/mol. The van der Waals surface area contributed by atoms with E-state index in [4.69, 9.17) is 0 Å². The van der Waals surface area contributed by atoms with Crippen LogP contribution in [0.1, 0.15) is 27.0 Å². The molecule has 0 saturated heterocycles. The number of thiophene rings is 1. The highest BCUT2D eigenvalue weighted by atomic mass is 32.1. The topological polar surface area (TPSA) is 46.2 Å². The number of nitrogens with one attached hydrogen (secondary N) is 1. The van der Waals surface area contributed by atoms with Crippen molar-refractivity contribution in [2.24, 2.45) is 0 Å². The van der Waals surface area contributed by atoms with Crippen molar-refractivity contribution in [1.29, 1.82) is 0 Å². The summed E-state index contributed by atoms with van der Waals surface area (Å²) in [4.78, 5) is 22.6. The zero-order chi connectivity index (χ0) is 9.14. The van der Waals surface area contributed by atoms with Gasteiger partial charge in [0.05, 0.1) is 10.4 Å². The molecule has 1 N–H and O–H groups in total. The molecule has 1 heterocycles. The van der Waals surface area contributed by atoms with Crippen LogP contribution in [0.25, 0.3) is 0 Å². The second-order valence-corrected chi connectivity index (χ2v) is 3.21. The number of carbonyl (C=O) groups is 2. The molecule has 0 fully saturated rings. The Kier molecular flexibility index (Phi) is 2.60. The molecule has 64 valence electrons. The third-order valence-electron chi connectivity index (χ3n) is 1.46. The van der Waals surface area contributed by atoms with Gasteiger partial charge in [0.1, 0.15) is 0 Å². The molecule has 12 heavy (non-hydrogen) atoms. The summed E-state index contributed by atoms with van der Waals surface area (Å²) in [6, 6.07) is 1.65. The molecule has 0 bridgehead atoms. The molecule has 3 nitrogen and oxygen atoms in total. The van der Waals surface area contributed by atoms with Crippen molar-refractivity contribution >= 4 is 23.0 Å². The van der Waals surface area contributed by atoms with Gasteiger partial charge in [0.25, 0.3) is 5.91 Å². The summed E-state index contributed by atoms with van der Waals surface area (Å²) in [5, 5.41) is 4.22. The van der Waals surface area contributed by atoms with Crippen molar-refractivity contribution in [2.75, 3.05) is 7.05 Å². The van der Waals surface area contributed by atoms with Crippen LogP contribution in [0.3, 0.4) is 0 Å². The van der Waals surface area contributed by atoms with Crippen LogP contribution in [0.5, 0.6) is 0 Å². The van der Waals surface area contributed by atoms with Gasteiger partial charge in [-0.1, -0.05) is 0 Å². The first-order chi connectivity index (χ1) is 5.66. The minimum atomic E-state index is -0.207. The molecule has 0 aromatic carbocycles. The summed E-state index contributed by atoms with van der Waals surface area (Å²) in [6.07, 6.45) is 0. The van der Waals surface area contributed by atoms with Crippen LogP contribution in [-0.4, -0.2) is 18.7 Å². The first-order valence-corrected chi connectivity index (χ1v) is 4.35. The first kappa shape index (κ1) is 8.93. The Bertz CT molecular complexity index is 317. The molecule has 4 heteroatoms. The van der Waals surface area contributed by atoms with Gasteiger partial charge in [0.2, 0.25) is 0 Å². The Morgan fingerprint density at radius 1 is 1.50 bits per heavy atom. The predicted octanol–water partition coefficient (Wildman–Crippen LogP) is 1.31. The number of ketones is 1. The van der Waals surface area contributed by atoms with Crippen LogP contribution in [0.15, 0.2) is 11.4 Å². The Labute approximate surface area is 74.4 Å². The van der Waals surface area contributed by atoms with Crippen molar-refractivity contribution in [1.82, 2.24) is 5.32 Å². The van der Waals surface area contributed by atoms with Gasteiger partial charge >= 0.3 is 0 Å². The van der Waals surface area contributed by atoms with E-state index in [1.807, 2.05) is 0 Å². The lowest BCUT2D eigenvalue weighted by molar-refractivity contribution is 0.0948. The van der Waals surface area contributed by atoms with Gasteiger partial charge in [-0.2, -0.15) is 0 Å². The van der Waals surface area contributed by atoms with Crippen LogP contribution in [0, 0.1) is 0 Å². The molecular formula is C8H9NO2S. The SMILES string of the molecule is CNC(=O)c1ccsc1C(C)=O. The quantitative estimate of drug-likeness (QED) is 0.703. The molecular weight excluding hydrogens is 174 g/mol. The fraction of sp³-hybridized carbons (Fsp3) is 0.250. The van der Waals surface area contributed by atoms with E-state index >= 15 is 0 Å². The predicted molar refractivity (Wildman–Crippen MR) is 47.7 cm³/mol. The van der Waals surface area contributed by atoms with Gasteiger partial charge in [0, 0.05) is 7.05 Å². The summed E-state index contributed by atoms with van der Waals surface area (Å²) in [5.74, 6) is -0.273. The van der Waals surface area contributed by atoms with E-state index < -0.39 is 0 Å². The van der Waals surface area contributed by atoms with E-state index in [0.29, 0.717) is 10.4 Å². The summed E-state index contributed by atoms with van der Waals surface area (Å²) in [7, 11) is 1.55. The van der Waals surface area contributed by atoms with E-state index in [0.717, 1.165) is 0 Å². The zero-order valence-electron chi connectivity index (χ0n) is 6.88. The number of Topliss-reactive ketones (excluding diaryl/α,β-unsaturated/α-hetero) is 1. The smallest absolute Gasteiger partial charge is 0.252 e. The van der Waals surface area contributed by atoms with Gasteiger partial charge in [-0.05, 0) is 18.4 Å². The second-order valence-electron chi connectivity index (χ2n) is 2.30. The van der Waals surface area contributed by atoms with Crippen molar-refractivity contribution in [3.05, 3.63) is 21.9 Å². The first-order valence-electron chi connectivity index (χ1n) is 3.47. The largest absolute Gasteiger partial charge is 0.355 e. The lowest BCUT2D eigenvalue weighted by Crippen LogP contribution is -2.19. The normalized spacial score (nSPS) is 9.50. The molecule has 0 spiro atoms. The fourth-order valence-electron chi connectivity index (χ4n) is 0.895. The highest BCUT2D eigenvalue weighted by Gasteiger charge is 2.13. The van der Waals surface area contributed by atoms with Crippen LogP contribution in [0.2, 0.25) is 0 Å². The van der Waals surface area contributed by atoms with Gasteiger partial charge < -0.3 is 5.32 Å². The van der Waals surface area contributed by atoms with E-state index in [1.54, 1.807) is 18.5 Å².